The van der Waals surface area contributed by atoms with E-state index in [1.165, 1.54) is 0 Å². The molecule has 0 N–H and O–H groups in total. The molecule has 0 amide bonds. The third-order valence-electron chi connectivity index (χ3n) is 2.17. The Hall–Kier alpha value is -1.29. The SMILES string of the molecule is CC1(c2ccc(CCl)cc2)N=NN=N1. The third kappa shape index (κ3) is 1.53. The van der Waals surface area contributed by atoms with Crippen LogP contribution in [0.25, 0.3) is 0 Å². The highest BCUT2D eigenvalue weighted by molar-refractivity contribution is 6.17. The van der Waals surface area contributed by atoms with Gasteiger partial charge in [0.2, 0.25) is 5.66 Å². The second kappa shape index (κ2) is 3.46. The maximum Gasteiger partial charge on any atom is 0.217 e. The molecule has 0 spiro atoms. The molecular weight excluding hydrogens is 200 g/mol. The highest BCUT2D eigenvalue weighted by Crippen LogP contribution is 2.31. The molecule has 0 fully saturated rings. The fourth-order valence-corrected chi connectivity index (χ4v) is 1.44. The van der Waals surface area contributed by atoms with Crippen LogP contribution in [0.1, 0.15) is 18.1 Å². The van der Waals surface area contributed by atoms with Crippen molar-refractivity contribution in [2.45, 2.75) is 18.5 Å². The van der Waals surface area contributed by atoms with E-state index < -0.39 is 5.66 Å². The van der Waals surface area contributed by atoms with Gasteiger partial charge in [-0.1, -0.05) is 24.3 Å². The predicted molar refractivity (Wildman–Crippen MR) is 53.1 cm³/mol. The molecular formula is C9H9ClN4. The van der Waals surface area contributed by atoms with Gasteiger partial charge < -0.3 is 0 Å². The van der Waals surface area contributed by atoms with Gasteiger partial charge in [-0.15, -0.1) is 21.8 Å². The normalized spacial score (nSPS) is 17.6. The molecule has 1 heterocycles. The van der Waals surface area contributed by atoms with Crippen molar-refractivity contribution in [1.29, 1.82) is 0 Å². The maximum atomic E-state index is 5.69. The minimum absolute atomic E-state index is 0.514. The Labute approximate surface area is 86.7 Å². The summed E-state index contributed by atoms with van der Waals surface area (Å²) >= 11 is 5.69. The molecule has 4 nitrogen and oxygen atoms in total. The number of hydrogen-bond acceptors (Lipinski definition) is 4. The Kier molecular flexibility index (Phi) is 2.29. The lowest BCUT2D eigenvalue weighted by Crippen LogP contribution is -2.12. The molecule has 0 saturated carbocycles. The van der Waals surface area contributed by atoms with Gasteiger partial charge in [-0.25, -0.2) is 0 Å². The summed E-state index contributed by atoms with van der Waals surface area (Å²) in [5.74, 6) is 0.514. The van der Waals surface area contributed by atoms with Crippen LogP contribution < -0.4 is 0 Å². The zero-order valence-electron chi connectivity index (χ0n) is 7.68. The van der Waals surface area contributed by atoms with E-state index in [1.54, 1.807) is 0 Å². The zero-order chi connectivity index (χ0) is 10.0. The molecule has 1 aliphatic heterocycles. The van der Waals surface area contributed by atoms with Gasteiger partial charge in [0.05, 0.1) is 0 Å². The highest BCUT2D eigenvalue weighted by atomic mass is 35.5. The fourth-order valence-electron chi connectivity index (χ4n) is 1.26. The molecule has 1 aromatic carbocycles. The summed E-state index contributed by atoms with van der Waals surface area (Å²) in [6.07, 6.45) is 0. The van der Waals surface area contributed by atoms with Crippen LogP contribution in [0.3, 0.4) is 0 Å². The number of alkyl halides is 1. The Bertz CT molecular complexity index is 370. The third-order valence-corrected chi connectivity index (χ3v) is 2.48. The Morgan fingerprint density at radius 3 is 2.21 bits per heavy atom. The molecule has 14 heavy (non-hydrogen) atoms. The average Bonchev–Trinajstić information content (AvgIpc) is 2.67. The summed E-state index contributed by atoms with van der Waals surface area (Å²) < 4.78 is 0. The van der Waals surface area contributed by atoms with Crippen LogP contribution in [0.4, 0.5) is 0 Å². The van der Waals surface area contributed by atoms with Crippen molar-refractivity contribution in [2.24, 2.45) is 20.7 Å². The van der Waals surface area contributed by atoms with Crippen molar-refractivity contribution < 1.29 is 0 Å². The van der Waals surface area contributed by atoms with Crippen LogP contribution >= 0.6 is 11.6 Å². The van der Waals surface area contributed by atoms with E-state index in [0.717, 1.165) is 11.1 Å². The largest absolute Gasteiger partial charge is 0.217 e. The predicted octanol–water partition coefficient (Wildman–Crippen LogP) is 3.43. The first-order chi connectivity index (χ1) is 6.74. The molecule has 0 atom stereocenters. The molecule has 0 saturated heterocycles. The van der Waals surface area contributed by atoms with Crippen molar-refractivity contribution >= 4 is 11.6 Å². The summed E-state index contributed by atoms with van der Waals surface area (Å²) in [7, 11) is 0. The van der Waals surface area contributed by atoms with Gasteiger partial charge >= 0.3 is 0 Å². The summed E-state index contributed by atoms with van der Waals surface area (Å²) in [6.45, 7) is 1.86. The van der Waals surface area contributed by atoms with Crippen LogP contribution in [-0.2, 0) is 11.5 Å². The van der Waals surface area contributed by atoms with E-state index in [-0.39, 0.29) is 0 Å². The van der Waals surface area contributed by atoms with E-state index in [4.69, 9.17) is 11.6 Å². The monoisotopic (exact) mass is 208 g/mol. The first-order valence-corrected chi connectivity index (χ1v) is 4.77. The number of halogens is 1. The molecule has 1 aromatic rings. The second-order valence-corrected chi connectivity index (χ2v) is 3.50. The molecule has 0 bridgehead atoms. The molecule has 5 heteroatoms. The average molecular weight is 209 g/mol. The van der Waals surface area contributed by atoms with Crippen LogP contribution in [0.2, 0.25) is 0 Å². The summed E-state index contributed by atoms with van der Waals surface area (Å²) in [5, 5.41) is 14.9. The quantitative estimate of drug-likeness (QED) is 0.669. The van der Waals surface area contributed by atoms with Gasteiger partial charge in [-0.2, -0.15) is 0 Å². The van der Waals surface area contributed by atoms with Crippen molar-refractivity contribution in [3.8, 4) is 0 Å². The van der Waals surface area contributed by atoms with E-state index in [9.17, 15) is 0 Å². The van der Waals surface area contributed by atoms with E-state index in [1.807, 2.05) is 31.2 Å². The Morgan fingerprint density at radius 1 is 1.14 bits per heavy atom. The van der Waals surface area contributed by atoms with Gasteiger partial charge in [0, 0.05) is 11.4 Å². The first-order valence-electron chi connectivity index (χ1n) is 4.24. The van der Waals surface area contributed by atoms with Crippen LogP contribution in [0, 0.1) is 0 Å². The van der Waals surface area contributed by atoms with Gasteiger partial charge in [-0.05, 0) is 22.9 Å². The standard InChI is InChI=1S/C9H9ClN4/c1-9(11-13-14-12-9)8-4-2-7(6-10)3-5-8/h2-5H,6H2,1H3. The summed E-state index contributed by atoms with van der Waals surface area (Å²) in [4.78, 5) is 0. The van der Waals surface area contributed by atoms with Crippen molar-refractivity contribution in [1.82, 2.24) is 0 Å². The smallest absolute Gasteiger partial charge is 0.130 e. The second-order valence-electron chi connectivity index (χ2n) is 3.23. The lowest BCUT2D eigenvalue weighted by atomic mass is 10.0. The van der Waals surface area contributed by atoms with Gasteiger partial charge in [0.15, 0.2) is 0 Å². The maximum absolute atomic E-state index is 5.69. The van der Waals surface area contributed by atoms with Crippen molar-refractivity contribution in [3.63, 3.8) is 0 Å². The highest BCUT2D eigenvalue weighted by Gasteiger charge is 2.28. The molecule has 0 unspecified atom stereocenters. The summed E-state index contributed by atoms with van der Waals surface area (Å²) in [5.41, 5.74) is 1.40. The number of benzene rings is 1. The van der Waals surface area contributed by atoms with Crippen LogP contribution in [0.5, 0.6) is 0 Å². The molecule has 72 valence electrons. The van der Waals surface area contributed by atoms with Crippen molar-refractivity contribution in [2.75, 3.05) is 0 Å². The molecule has 0 aliphatic carbocycles. The van der Waals surface area contributed by atoms with Crippen molar-refractivity contribution in [3.05, 3.63) is 35.4 Å². The Balaban J connectivity index is 2.33. The lowest BCUT2D eigenvalue weighted by molar-refractivity contribution is 0.518. The Morgan fingerprint density at radius 2 is 1.71 bits per heavy atom. The number of nitrogens with zero attached hydrogens (tertiary/aromatic N) is 4. The van der Waals surface area contributed by atoms with Gasteiger partial charge in [0.25, 0.3) is 0 Å². The molecule has 2 rings (SSSR count). The topological polar surface area (TPSA) is 49.4 Å². The number of hydrogen-bond donors (Lipinski definition) is 0. The number of rotatable bonds is 2. The van der Waals surface area contributed by atoms with Crippen LogP contribution in [-0.4, -0.2) is 0 Å². The minimum Gasteiger partial charge on any atom is -0.130 e. The van der Waals surface area contributed by atoms with Gasteiger partial charge in [0.1, 0.15) is 0 Å². The van der Waals surface area contributed by atoms with E-state index in [0.29, 0.717) is 5.88 Å². The zero-order valence-corrected chi connectivity index (χ0v) is 8.44. The van der Waals surface area contributed by atoms with Crippen LogP contribution in [0.15, 0.2) is 44.9 Å². The summed E-state index contributed by atoms with van der Waals surface area (Å²) in [6, 6.07) is 7.80. The molecule has 0 aromatic heterocycles. The van der Waals surface area contributed by atoms with Gasteiger partial charge in [-0.3, -0.25) is 0 Å². The minimum atomic E-state index is -0.648. The molecule has 0 radical (unpaired) electrons. The fraction of sp³-hybridized carbons (Fsp3) is 0.333. The lowest BCUT2D eigenvalue weighted by Gasteiger charge is -2.13. The first kappa shape index (κ1) is 9.27. The van der Waals surface area contributed by atoms with E-state index >= 15 is 0 Å². The molecule has 1 aliphatic rings. The van der Waals surface area contributed by atoms with E-state index in [2.05, 4.69) is 20.7 Å².